The minimum absolute atomic E-state index is 0.0834. The van der Waals surface area contributed by atoms with Crippen LogP contribution in [0.25, 0.3) is 0 Å². The molecule has 2 N–H and O–H groups in total. The van der Waals surface area contributed by atoms with E-state index >= 15 is 0 Å². The van der Waals surface area contributed by atoms with Crippen molar-refractivity contribution in [2.45, 2.75) is 17.6 Å². The Balaban J connectivity index is 2.37. The van der Waals surface area contributed by atoms with E-state index in [1.807, 2.05) is 0 Å². The molecule has 21 heavy (non-hydrogen) atoms. The van der Waals surface area contributed by atoms with E-state index < -0.39 is 9.84 Å². The molecule has 0 atom stereocenters. The number of benzene rings is 2. The molecule has 112 valence electrons. The van der Waals surface area contributed by atoms with E-state index in [-0.39, 0.29) is 10.6 Å². The lowest BCUT2D eigenvalue weighted by atomic mass is 10.2. The molecule has 0 aliphatic heterocycles. The summed E-state index contributed by atoms with van der Waals surface area (Å²) in [5.74, 6) is 0.580. The summed E-state index contributed by atoms with van der Waals surface area (Å²) in [5.41, 5.74) is 7.51. The molecule has 0 amide bonds. The number of hydrogen-bond acceptors (Lipinski definition) is 4. The number of nitrogens with two attached hydrogens (primary N) is 1. The molecular formula is C15H16BrNO3S. The summed E-state index contributed by atoms with van der Waals surface area (Å²) < 4.78 is 30.9. The van der Waals surface area contributed by atoms with Crippen molar-refractivity contribution in [1.82, 2.24) is 0 Å². The molecule has 0 saturated carbocycles. The number of halogens is 1. The van der Waals surface area contributed by atoms with Crippen LogP contribution in [-0.2, 0) is 15.6 Å². The minimum Gasteiger partial charge on any atom is -0.496 e. The highest BCUT2D eigenvalue weighted by Gasteiger charge is 2.18. The number of anilines is 1. The molecule has 0 spiro atoms. The van der Waals surface area contributed by atoms with E-state index in [1.54, 1.807) is 44.4 Å². The quantitative estimate of drug-likeness (QED) is 0.839. The van der Waals surface area contributed by atoms with Crippen LogP contribution >= 0.6 is 15.9 Å². The van der Waals surface area contributed by atoms with Crippen molar-refractivity contribution >= 4 is 31.5 Å². The minimum atomic E-state index is -3.44. The second-order valence-corrected chi connectivity index (χ2v) is 7.57. The van der Waals surface area contributed by atoms with Gasteiger partial charge in [0.15, 0.2) is 9.84 Å². The van der Waals surface area contributed by atoms with Gasteiger partial charge in [-0.05, 0) is 58.2 Å². The van der Waals surface area contributed by atoms with Crippen LogP contribution in [0.2, 0.25) is 0 Å². The van der Waals surface area contributed by atoms with Gasteiger partial charge in [-0.3, -0.25) is 0 Å². The third-order valence-electron chi connectivity index (χ3n) is 3.12. The zero-order valence-electron chi connectivity index (χ0n) is 11.8. The Hall–Kier alpha value is -1.53. The Bertz CT molecular complexity index is 772. The molecule has 0 heterocycles. The summed E-state index contributed by atoms with van der Waals surface area (Å²) in [4.78, 5) is 0.273. The van der Waals surface area contributed by atoms with Crippen LogP contribution in [-0.4, -0.2) is 15.5 Å². The summed E-state index contributed by atoms with van der Waals surface area (Å²) in [6.07, 6.45) is 0. The average Bonchev–Trinajstić information content (AvgIpc) is 2.41. The van der Waals surface area contributed by atoms with Gasteiger partial charge in [-0.1, -0.05) is 12.1 Å². The van der Waals surface area contributed by atoms with Crippen molar-refractivity contribution in [2.24, 2.45) is 0 Å². The second kappa shape index (κ2) is 6.07. The molecule has 2 aromatic carbocycles. The van der Waals surface area contributed by atoms with Crippen molar-refractivity contribution in [3.05, 3.63) is 52.0 Å². The van der Waals surface area contributed by atoms with E-state index in [0.29, 0.717) is 22.6 Å². The Morgan fingerprint density at radius 3 is 2.52 bits per heavy atom. The maximum absolute atomic E-state index is 12.5. The van der Waals surface area contributed by atoms with Crippen LogP contribution in [0.1, 0.15) is 11.1 Å². The molecule has 4 nitrogen and oxygen atoms in total. The third kappa shape index (κ3) is 3.57. The molecule has 0 radical (unpaired) electrons. The number of hydrogen-bond donors (Lipinski definition) is 1. The first-order valence-electron chi connectivity index (χ1n) is 6.25. The lowest BCUT2D eigenvalue weighted by molar-refractivity contribution is 0.412. The molecule has 2 rings (SSSR count). The number of sulfone groups is 1. The van der Waals surface area contributed by atoms with E-state index in [1.165, 1.54) is 6.07 Å². The number of aryl methyl sites for hydroxylation is 1. The van der Waals surface area contributed by atoms with Crippen LogP contribution < -0.4 is 10.5 Å². The summed E-state index contributed by atoms with van der Waals surface area (Å²) in [6.45, 7) is 1.76. The van der Waals surface area contributed by atoms with Gasteiger partial charge in [-0.25, -0.2) is 8.42 Å². The van der Waals surface area contributed by atoms with Gasteiger partial charge in [0.1, 0.15) is 5.75 Å². The molecule has 2 aromatic rings. The third-order valence-corrected chi connectivity index (χ3v) is 5.56. The van der Waals surface area contributed by atoms with Crippen LogP contribution in [0, 0.1) is 6.92 Å². The Morgan fingerprint density at radius 1 is 1.19 bits per heavy atom. The van der Waals surface area contributed by atoms with Crippen LogP contribution in [0.3, 0.4) is 0 Å². The molecular weight excluding hydrogens is 354 g/mol. The van der Waals surface area contributed by atoms with Crippen LogP contribution in [0.4, 0.5) is 5.69 Å². The highest BCUT2D eigenvalue weighted by molar-refractivity contribution is 9.10. The van der Waals surface area contributed by atoms with Gasteiger partial charge in [0.25, 0.3) is 0 Å². The number of methoxy groups -OCH3 is 1. The highest BCUT2D eigenvalue weighted by atomic mass is 79.9. The molecule has 0 aliphatic carbocycles. The fraction of sp³-hybridized carbons (Fsp3) is 0.200. The predicted molar refractivity (Wildman–Crippen MR) is 87.2 cm³/mol. The monoisotopic (exact) mass is 369 g/mol. The van der Waals surface area contributed by atoms with Crippen molar-refractivity contribution in [3.8, 4) is 5.75 Å². The fourth-order valence-corrected chi connectivity index (χ4v) is 4.28. The Kier molecular flexibility index (Phi) is 4.58. The normalized spacial score (nSPS) is 11.4. The van der Waals surface area contributed by atoms with Gasteiger partial charge >= 0.3 is 0 Å². The average molecular weight is 370 g/mol. The molecule has 0 aliphatic rings. The lowest BCUT2D eigenvalue weighted by Crippen LogP contribution is -2.07. The maximum Gasteiger partial charge on any atom is 0.182 e. The summed E-state index contributed by atoms with van der Waals surface area (Å²) >= 11 is 3.36. The zero-order chi connectivity index (χ0) is 15.6. The summed E-state index contributed by atoms with van der Waals surface area (Å²) in [7, 11) is -1.88. The van der Waals surface area contributed by atoms with Gasteiger partial charge in [0, 0.05) is 5.69 Å². The largest absolute Gasteiger partial charge is 0.496 e. The van der Waals surface area contributed by atoms with Crippen LogP contribution in [0.15, 0.2) is 45.8 Å². The topological polar surface area (TPSA) is 69.4 Å². The Morgan fingerprint density at radius 2 is 1.90 bits per heavy atom. The van der Waals surface area contributed by atoms with E-state index in [0.717, 1.165) is 4.47 Å². The summed E-state index contributed by atoms with van der Waals surface area (Å²) in [5, 5.41) is 0. The molecule has 6 heteroatoms. The fourth-order valence-electron chi connectivity index (χ4n) is 2.05. The first-order valence-corrected chi connectivity index (χ1v) is 8.69. The van der Waals surface area contributed by atoms with Crippen molar-refractivity contribution in [3.63, 3.8) is 0 Å². The highest BCUT2D eigenvalue weighted by Crippen LogP contribution is 2.28. The predicted octanol–water partition coefficient (Wildman–Crippen LogP) is 3.32. The van der Waals surface area contributed by atoms with E-state index in [9.17, 15) is 8.42 Å². The van der Waals surface area contributed by atoms with Crippen molar-refractivity contribution < 1.29 is 13.2 Å². The van der Waals surface area contributed by atoms with E-state index in [4.69, 9.17) is 10.5 Å². The van der Waals surface area contributed by atoms with Crippen molar-refractivity contribution in [2.75, 3.05) is 12.8 Å². The number of nitrogen functional groups attached to an aromatic ring is 1. The Labute approximate surface area is 133 Å². The number of ether oxygens (including phenoxy) is 1. The lowest BCUT2D eigenvalue weighted by Gasteiger charge is -2.10. The van der Waals surface area contributed by atoms with Gasteiger partial charge in [-0.2, -0.15) is 0 Å². The molecule has 0 saturated heterocycles. The SMILES string of the molecule is COc1ccc(CS(=O)(=O)c2cc(N)ccc2C)cc1Br. The standard InChI is InChI=1S/C15H16BrNO3S/c1-10-3-5-12(17)8-15(10)21(18,19)9-11-4-6-14(20-2)13(16)7-11/h3-8H,9,17H2,1-2H3. The van der Waals surface area contributed by atoms with Gasteiger partial charge in [0.2, 0.25) is 0 Å². The molecule has 0 aromatic heterocycles. The molecule has 0 unspecified atom stereocenters. The molecule has 0 bridgehead atoms. The van der Waals surface area contributed by atoms with Gasteiger partial charge in [-0.15, -0.1) is 0 Å². The second-order valence-electron chi connectivity index (χ2n) is 4.75. The zero-order valence-corrected chi connectivity index (χ0v) is 14.2. The first-order chi connectivity index (χ1) is 9.83. The maximum atomic E-state index is 12.5. The van der Waals surface area contributed by atoms with Gasteiger partial charge in [0.05, 0.1) is 22.2 Å². The van der Waals surface area contributed by atoms with E-state index in [2.05, 4.69) is 15.9 Å². The smallest absolute Gasteiger partial charge is 0.182 e. The number of rotatable bonds is 4. The first kappa shape index (κ1) is 15.9. The summed E-state index contributed by atoms with van der Waals surface area (Å²) in [6, 6.07) is 10.1. The molecule has 0 fully saturated rings. The van der Waals surface area contributed by atoms with Crippen molar-refractivity contribution in [1.29, 1.82) is 0 Å². The van der Waals surface area contributed by atoms with Gasteiger partial charge < -0.3 is 10.5 Å². The van der Waals surface area contributed by atoms with Crippen LogP contribution in [0.5, 0.6) is 5.75 Å².